The number of aromatic amines is 2. The number of hydrogen-bond donors (Lipinski definition) is 3. The second kappa shape index (κ2) is 45.9. The molecule has 25 nitrogen and oxygen atoms in total. The molecule has 644 valence electrons. The van der Waals surface area contributed by atoms with Crippen molar-refractivity contribution in [1.82, 2.24) is 82.6 Å². The number of pyridine rings is 3. The lowest BCUT2D eigenvalue weighted by molar-refractivity contribution is -0.709. The number of carbonyl (C=O) groups is 1. The highest BCUT2D eigenvalue weighted by Crippen LogP contribution is 2.37. The lowest BCUT2D eigenvalue weighted by Gasteiger charge is -2.15. The van der Waals surface area contributed by atoms with Crippen LogP contribution in [-0.2, 0) is 27.7 Å². The number of imidazole rings is 6. The maximum absolute atomic E-state index is 10.6. The molecule has 0 unspecified atom stereocenters. The SMILES string of the molecule is C.C#CC#CC#CC#CC#CC.CC#CC#CC#CC#CC#CC.Cc1cc(Oc2nccc3[nH]c[n+](COCC[Si](C)(C)C)c23)ccc1-c1c(C)ncc2nccn12.Cc1cc(Oc2nccc3[nH]cnc23)ccc1-c1c(C)ncc2nccn12.Cc1cc(Oc2nccc3c2ncn3COCC[Si](C)(C)C)ccc1-c1c(C)ncc2nccn12.O=C(O)C(F)(F)F. The summed E-state index contributed by atoms with van der Waals surface area (Å²) in [6.07, 6.45) is 26.9. The molecule has 128 heavy (non-hydrogen) atoms. The molecule has 0 saturated carbocycles. The highest BCUT2D eigenvalue weighted by Gasteiger charge is 2.38. The third kappa shape index (κ3) is 26.8. The normalized spacial score (nSPS) is 10.3. The first kappa shape index (κ1) is 95.8. The Kier molecular flexibility index (Phi) is 34.4. The van der Waals surface area contributed by atoms with E-state index in [1.165, 1.54) is 0 Å². The molecular formula is C98H92F3N18O7Si2+. The maximum atomic E-state index is 10.6. The number of carboxylic acids is 1. The molecule has 3 N–H and O–H groups in total. The van der Waals surface area contributed by atoms with Gasteiger partial charge in [-0.05, 0) is 253 Å². The topological polar surface area (TPSA) is 279 Å². The summed E-state index contributed by atoms with van der Waals surface area (Å²) in [6.45, 7) is 33.9. The number of aromatic nitrogens is 18. The molecule has 3 aromatic carbocycles. The van der Waals surface area contributed by atoms with Crippen molar-refractivity contribution in [1.29, 1.82) is 0 Å². The average Bonchev–Trinajstić information content (AvgIpc) is 1.49. The van der Waals surface area contributed by atoms with Crippen LogP contribution in [0, 0.1) is 160 Å². The van der Waals surface area contributed by atoms with E-state index in [1.54, 1.807) is 89.2 Å². The van der Waals surface area contributed by atoms with Crippen molar-refractivity contribution in [3.8, 4) is 188 Å². The predicted octanol–water partition coefficient (Wildman–Crippen LogP) is 18.2. The summed E-state index contributed by atoms with van der Waals surface area (Å²) in [5.74, 6) is 48.4. The van der Waals surface area contributed by atoms with Crippen LogP contribution < -0.4 is 18.8 Å². The van der Waals surface area contributed by atoms with Gasteiger partial charge in [-0.1, -0.05) is 64.5 Å². The van der Waals surface area contributed by atoms with E-state index in [2.05, 4.69) is 263 Å². The summed E-state index contributed by atoms with van der Waals surface area (Å²) in [6, 6.07) is 26.1. The second-order valence-electron chi connectivity index (χ2n) is 29.9. The van der Waals surface area contributed by atoms with Gasteiger partial charge in [0.25, 0.3) is 5.88 Å². The van der Waals surface area contributed by atoms with Crippen LogP contribution in [0.1, 0.15) is 62.0 Å². The van der Waals surface area contributed by atoms with Crippen molar-refractivity contribution in [2.75, 3.05) is 13.2 Å². The first-order chi connectivity index (χ1) is 61.1. The van der Waals surface area contributed by atoms with Gasteiger partial charge in [-0.15, -0.1) is 6.42 Å². The quantitative estimate of drug-likeness (QED) is 0.0293. The molecule has 0 saturated heterocycles. The molecule has 0 aliphatic heterocycles. The van der Waals surface area contributed by atoms with Crippen LogP contribution >= 0.6 is 0 Å². The number of benzene rings is 3. The number of aliphatic carboxylic acids is 1. The number of ether oxygens (including phenoxy) is 5. The molecule has 0 radical (unpaired) electrons. The zero-order chi connectivity index (χ0) is 91.1. The van der Waals surface area contributed by atoms with E-state index in [0.29, 0.717) is 53.6 Å². The third-order valence-corrected chi connectivity index (χ3v) is 21.6. The number of terminal acetylenes is 1. The number of fused-ring (bicyclic) bond motifs is 6. The number of nitrogens with one attached hydrogen (secondary N) is 2. The molecular weight excluding hydrogens is 1650 g/mol. The number of carboxylic acid groups (broad SMARTS) is 1. The standard InChI is InChI=1S/2C26H30N6O2Si.C20H16N6O.C12H6.C11H4.C2HF3O2.CH4/c1-18-14-20(6-7-21(18)25-19(2)29-15-23-27-10-11-32(23)25)34-26-24-22(8-9-28-26)31(16-30-24)17-33-12-13-35(3,4)5;1-18-14-20(6-7-21(18)24-19(2)29-15-23-27-10-11-32(23)24)34-26-25-22(8-9-28-26)30-16-31(25)17-33-12-13-35(3,4)5;1-12-9-14(27-20-18-16(5-6-22-20)24-11-25-18)3-4-15(12)19-13(2)23-10-17-21-7-8-26(17)19;1-3-5-7-9-11-12-10-8-6-4-2;1-3-5-7-9-11-10-8-6-4-2;3-2(4,5)1(6)7;/h2*6-11,14-16H,12-13,17H2,1-5H3;3-11H,1-2H3,(H,24,25);1-2H3;1H,2H3;(H,6,7);1H4/p+1. The lowest BCUT2D eigenvalue weighted by atomic mass is 10.0. The molecule has 30 heteroatoms. The van der Waals surface area contributed by atoms with Crippen molar-refractivity contribution in [3.63, 3.8) is 0 Å². The largest absolute Gasteiger partial charge is 0.490 e. The van der Waals surface area contributed by atoms with Gasteiger partial charge in [-0.2, -0.15) is 13.2 Å². The first-order valence-electron chi connectivity index (χ1n) is 39.4. The molecule has 0 spiro atoms. The summed E-state index contributed by atoms with van der Waals surface area (Å²) in [7, 11) is -2.25. The van der Waals surface area contributed by atoms with E-state index in [-0.39, 0.29) is 7.43 Å². The zero-order valence-corrected chi connectivity index (χ0v) is 74.6. The Hall–Kier alpha value is -16.0. The van der Waals surface area contributed by atoms with Crippen LogP contribution in [0.4, 0.5) is 13.2 Å². The first-order valence-corrected chi connectivity index (χ1v) is 46.8. The van der Waals surface area contributed by atoms with Crippen LogP contribution in [0.2, 0.25) is 51.4 Å². The summed E-state index contributed by atoms with van der Waals surface area (Å²) in [5.41, 5.74) is 19.9. The number of hydrogen-bond acceptors (Lipinski definition) is 17. The fourth-order valence-corrected chi connectivity index (χ4v) is 13.6. The number of H-pyrrole nitrogens is 2. The molecule has 12 aromatic heterocycles. The molecule has 0 aliphatic carbocycles. The number of rotatable bonds is 19. The summed E-state index contributed by atoms with van der Waals surface area (Å²) >= 11 is 0. The van der Waals surface area contributed by atoms with E-state index in [0.717, 1.165) is 138 Å². The van der Waals surface area contributed by atoms with E-state index in [1.807, 2.05) is 115 Å². The van der Waals surface area contributed by atoms with E-state index < -0.39 is 28.3 Å². The van der Waals surface area contributed by atoms with Gasteiger partial charge >= 0.3 is 12.1 Å². The van der Waals surface area contributed by atoms with E-state index in [4.69, 9.17) is 40.0 Å². The van der Waals surface area contributed by atoms with Crippen LogP contribution in [0.25, 0.3) is 83.8 Å². The Morgan fingerprint density at radius 3 is 1.28 bits per heavy atom. The third-order valence-electron chi connectivity index (χ3n) is 18.2. The number of alkyl halides is 3. The van der Waals surface area contributed by atoms with Crippen LogP contribution in [0.15, 0.2) is 166 Å². The van der Waals surface area contributed by atoms with Gasteiger partial charge in [-0.3, -0.25) is 28.2 Å². The molecule has 0 aliphatic rings. The number of aryl methyl sites for hydroxylation is 6. The summed E-state index contributed by atoms with van der Waals surface area (Å²) in [4.78, 5) is 64.0. The molecule has 15 rings (SSSR count). The van der Waals surface area contributed by atoms with Gasteiger partial charge in [-0.25, -0.2) is 54.2 Å². The molecule has 0 atom stereocenters. The number of halogens is 3. The number of nitrogens with zero attached hydrogens (tertiary/aromatic N) is 16. The average molecular weight is 1750 g/mol. The van der Waals surface area contributed by atoms with Gasteiger partial charge in [0, 0.05) is 108 Å². The van der Waals surface area contributed by atoms with Gasteiger partial charge in [0.1, 0.15) is 24.0 Å². The Labute approximate surface area is 743 Å². The van der Waals surface area contributed by atoms with Crippen molar-refractivity contribution >= 4 is 72.2 Å². The fraction of sp³-hybridized carbons (Fsp3) is 0.235. The molecule has 12 heterocycles. The summed E-state index contributed by atoms with van der Waals surface area (Å²) < 4.78 is 72.3. The van der Waals surface area contributed by atoms with Crippen molar-refractivity contribution in [2.45, 2.75) is 141 Å². The monoisotopic (exact) mass is 1750 g/mol. The predicted molar refractivity (Wildman–Crippen MR) is 496 cm³/mol. The van der Waals surface area contributed by atoms with Crippen LogP contribution in [-0.4, -0.2) is 129 Å². The van der Waals surface area contributed by atoms with E-state index >= 15 is 0 Å². The minimum atomic E-state index is -5.08. The second-order valence-corrected chi connectivity index (χ2v) is 41.2. The Morgan fingerprint density at radius 1 is 0.477 bits per heavy atom. The van der Waals surface area contributed by atoms with Gasteiger partial charge in [0.2, 0.25) is 23.6 Å². The molecule has 15 aromatic rings. The molecule has 0 bridgehead atoms. The summed E-state index contributed by atoms with van der Waals surface area (Å²) in [5, 5.41) is 7.12. The van der Waals surface area contributed by atoms with Crippen molar-refractivity contribution < 1.29 is 51.3 Å². The van der Waals surface area contributed by atoms with Crippen LogP contribution in [0.5, 0.6) is 34.9 Å². The zero-order valence-electron chi connectivity index (χ0n) is 72.6. The highest BCUT2D eigenvalue weighted by atomic mass is 28.3. The maximum Gasteiger partial charge on any atom is 0.490 e. The van der Waals surface area contributed by atoms with Gasteiger partial charge in [0.15, 0.2) is 40.2 Å². The van der Waals surface area contributed by atoms with Crippen molar-refractivity contribution in [3.05, 3.63) is 200 Å². The minimum absolute atomic E-state index is 0. The van der Waals surface area contributed by atoms with Gasteiger partial charge in [0.05, 0.1) is 76.4 Å². The molecule has 0 fully saturated rings. The molecule has 0 amide bonds. The fourth-order valence-electron chi connectivity index (χ4n) is 12.1. The Balaban J connectivity index is 0.000000187. The highest BCUT2D eigenvalue weighted by molar-refractivity contribution is 6.76. The Morgan fingerprint density at radius 2 is 0.867 bits per heavy atom. The smallest absolute Gasteiger partial charge is 0.475 e. The minimum Gasteiger partial charge on any atom is -0.475 e. The lowest BCUT2D eigenvalue weighted by Crippen LogP contribution is -2.34. The Bertz CT molecular complexity index is 7150. The van der Waals surface area contributed by atoms with Gasteiger partial charge < -0.3 is 38.3 Å². The van der Waals surface area contributed by atoms with Crippen molar-refractivity contribution in [2.24, 2.45) is 0 Å². The van der Waals surface area contributed by atoms with Crippen LogP contribution in [0.3, 0.4) is 0 Å². The van der Waals surface area contributed by atoms with E-state index in [9.17, 15) is 13.2 Å².